The van der Waals surface area contributed by atoms with Gasteiger partial charge >= 0.3 is 5.97 Å². The third-order valence-corrected chi connectivity index (χ3v) is 2.45. The number of ether oxygens (including phenoxy) is 1. The lowest BCUT2D eigenvalue weighted by atomic mass is 10.2. The normalized spacial score (nSPS) is 13.0. The molecule has 0 aromatic heterocycles. The number of carboxylic acid groups (broad SMARTS) is 1. The molecule has 0 aliphatic rings. The molecule has 2 N–H and O–H groups in total. The summed E-state index contributed by atoms with van der Waals surface area (Å²) in [6, 6.07) is 0.256. The molecule has 0 rings (SSSR count). The van der Waals surface area contributed by atoms with E-state index in [0.717, 1.165) is 26.2 Å². The Kier molecular flexibility index (Phi) is 9.18. The van der Waals surface area contributed by atoms with Gasteiger partial charge in [-0.05, 0) is 20.4 Å². The lowest BCUT2D eigenvalue weighted by Gasteiger charge is -2.18. The van der Waals surface area contributed by atoms with Crippen LogP contribution in [0.3, 0.4) is 0 Å². The van der Waals surface area contributed by atoms with Crippen LogP contribution in [0, 0.1) is 0 Å². The van der Waals surface area contributed by atoms with Crippen molar-refractivity contribution in [3.05, 3.63) is 0 Å². The van der Waals surface area contributed by atoms with E-state index in [-0.39, 0.29) is 12.5 Å². The first-order valence-corrected chi connectivity index (χ1v) is 5.69. The molecule has 0 heterocycles. The minimum atomic E-state index is -0.731. The lowest BCUT2D eigenvalue weighted by molar-refractivity contribution is -0.137. The van der Waals surface area contributed by atoms with E-state index in [2.05, 4.69) is 10.2 Å². The maximum atomic E-state index is 10.4. The van der Waals surface area contributed by atoms with Gasteiger partial charge in [-0.25, -0.2) is 0 Å². The van der Waals surface area contributed by atoms with Crippen molar-refractivity contribution < 1.29 is 14.6 Å². The van der Waals surface area contributed by atoms with E-state index in [1.807, 2.05) is 14.0 Å². The van der Waals surface area contributed by atoms with E-state index in [9.17, 15) is 4.79 Å². The lowest BCUT2D eigenvalue weighted by Crippen LogP contribution is -2.35. The third-order valence-electron chi connectivity index (χ3n) is 2.45. The molecule has 5 heteroatoms. The molecule has 0 spiro atoms. The van der Waals surface area contributed by atoms with Crippen molar-refractivity contribution in [3.8, 4) is 0 Å². The molecule has 1 atom stereocenters. The highest BCUT2D eigenvalue weighted by atomic mass is 16.5. The monoisotopic (exact) mass is 232 g/mol. The zero-order valence-electron chi connectivity index (χ0n) is 10.5. The fourth-order valence-electron chi connectivity index (χ4n) is 1.30. The van der Waals surface area contributed by atoms with Crippen molar-refractivity contribution in [1.82, 2.24) is 10.2 Å². The number of nitrogens with one attached hydrogen (secondary N) is 1. The summed E-state index contributed by atoms with van der Waals surface area (Å²) in [5.41, 5.74) is 0. The van der Waals surface area contributed by atoms with Crippen LogP contribution in [0.5, 0.6) is 0 Å². The van der Waals surface area contributed by atoms with E-state index in [1.54, 1.807) is 7.11 Å². The summed E-state index contributed by atoms with van der Waals surface area (Å²) in [7, 11) is 3.74. The minimum absolute atomic E-state index is 0.230. The van der Waals surface area contributed by atoms with Gasteiger partial charge in [0, 0.05) is 39.2 Å². The van der Waals surface area contributed by atoms with Crippen molar-refractivity contribution >= 4 is 5.97 Å². The molecule has 1 unspecified atom stereocenters. The zero-order chi connectivity index (χ0) is 12.4. The Morgan fingerprint density at radius 2 is 2.19 bits per heavy atom. The number of hydrogen-bond donors (Lipinski definition) is 2. The summed E-state index contributed by atoms with van der Waals surface area (Å²) < 4.78 is 4.98. The number of likely N-dealkylation sites (N-methyl/N-ethyl adjacent to an activating group) is 1. The number of rotatable bonds is 10. The average Bonchev–Trinajstić information content (AvgIpc) is 2.23. The van der Waals surface area contributed by atoms with E-state index < -0.39 is 5.97 Å². The predicted molar refractivity (Wildman–Crippen MR) is 63.7 cm³/mol. The fraction of sp³-hybridized carbons (Fsp3) is 0.909. The molecule has 5 nitrogen and oxygen atoms in total. The highest BCUT2D eigenvalue weighted by molar-refractivity contribution is 5.66. The molecule has 0 aromatic carbocycles. The van der Waals surface area contributed by atoms with Crippen molar-refractivity contribution in [2.45, 2.75) is 25.8 Å². The number of carboxylic acids is 1. The van der Waals surface area contributed by atoms with Gasteiger partial charge in [0.05, 0.1) is 6.61 Å². The SMILES string of the molecule is COCCN(C)CCNC(C)CCC(=O)O. The van der Waals surface area contributed by atoms with Crippen LogP contribution >= 0.6 is 0 Å². The van der Waals surface area contributed by atoms with Crippen molar-refractivity contribution in [3.63, 3.8) is 0 Å². The molecular weight excluding hydrogens is 208 g/mol. The Bertz CT molecular complexity index is 188. The number of methoxy groups -OCH3 is 1. The van der Waals surface area contributed by atoms with E-state index in [4.69, 9.17) is 9.84 Å². The maximum Gasteiger partial charge on any atom is 0.303 e. The Balaban J connectivity index is 3.38. The maximum absolute atomic E-state index is 10.4. The molecule has 0 aliphatic heterocycles. The van der Waals surface area contributed by atoms with Gasteiger partial charge in [0.2, 0.25) is 0 Å². The van der Waals surface area contributed by atoms with Gasteiger partial charge in [-0.3, -0.25) is 4.79 Å². The third kappa shape index (κ3) is 9.89. The van der Waals surface area contributed by atoms with Crippen LogP contribution in [0.15, 0.2) is 0 Å². The van der Waals surface area contributed by atoms with Crippen LogP contribution < -0.4 is 5.32 Å². The van der Waals surface area contributed by atoms with Crippen molar-refractivity contribution in [2.75, 3.05) is 40.4 Å². The standard InChI is InChI=1S/C11H24N2O3/c1-10(4-5-11(14)15)12-6-7-13(2)8-9-16-3/h10,12H,4-9H2,1-3H3,(H,14,15). The summed E-state index contributed by atoms with van der Waals surface area (Å²) in [6.45, 7) is 5.49. The van der Waals surface area contributed by atoms with E-state index in [0.29, 0.717) is 6.42 Å². The number of aliphatic carboxylic acids is 1. The second-order valence-corrected chi connectivity index (χ2v) is 4.08. The van der Waals surface area contributed by atoms with E-state index >= 15 is 0 Å². The molecular formula is C11H24N2O3. The smallest absolute Gasteiger partial charge is 0.303 e. The molecule has 0 bridgehead atoms. The molecule has 96 valence electrons. The summed E-state index contributed by atoms with van der Waals surface area (Å²) in [5.74, 6) is -0.731. The Morgan fingerprint density at radius 1 is 1.50 bits per heavy atom. The second-order valence-electron chi connectivity index (χ2n) is 4.08. The van der Waals surface area contributed by atoms with Gasteiger partial charge in [-0.15, -0.1) is 0 Å². The highest BCUT2D eigenvalue weighted by Crippen LogP contribution is 1.95. The molecule has 0 aromatic rings. The quantitative estimate of drug-likeness (QED) is 0.571. The average molecular weight is 232 g/mol. The van der Waals surface area contributed by atoms with Gasteiger partial charge in [0.15, 0.2) is 0 Å². The molecule has 0 amide bonds. The van der Waals surface area contributed by atoms with Crippen LogP contribution in [0.2, 0.25) is 0 Å². The zero-order valence-corrected chi connectivity index (χ0v) is 10.5. The minimum Gasteiger partial charge on any atom is -0.481 e. The number of carbonyl (C=O) groups is 1. The Morgan fingerprint density at radius 3 is 2.75 bits per heavy atom. The topological polar surface area (TPSA) is 61.8 Å². The summed E-state index contributed by atoms with van der Waals surface area (Å²) in [6.07, 6.45) is 0.908. The van der Waals surface area contributed by atoms with Gasteiger partial charge in [0.1, 0.15) is 0 Å². The van der Waals surface area contributed by atoms with Crippen LogP contribution in [-0.4, -0.2) is 62.4 Å². The van der Waals surface area contributed by atoms with Crippen LogP contribution in [0.25, 0.3) is 0 Å². The van der Waals surface area contributed by atoms with Gasteiger partial charge in [-0.1, -0.05) is 0 Å². The number of hydrogen-bond acceptors (Lipinski definition) is 4. The predicted octanol–water partition coefficient (Wildman–Crippen LogP) is 0.408. The molecule has 0 aliphatic carbocycles. The number of nitrogens with zero attached hydrogens (tertiary/aromatic N) is 1. The summed E-state index contributed by atoms with van der Waals surface area (Å²) in [5, 5.41) is 11.8. The van der Waals surface area contributed by atoms with Gasteiger partial charge < -0.3 is 20.1 Å². The van der Waals surface area contributed by atoms with Crippen molar-refractivity contribution in [1.29, 1.82) is 0 Å². The fourth-order valence-corrected chi connectivity index (χ4v) is 1.30. The second kappa shape index (κ2) is 9.57. The molecule has 0 fully saturated rings. The molecule has 16 heavy (non-hydrogen) atoms. The van der Waals surface area contributed by atoms with Gasteiger partial charge in [0.25, 0.3) is 0 Å². The molecule has 0 saturated heterocycles. The largest absolute Gasteiger partial charge is 0.481 e. The summed E-state index contributed by atoms with van der Waals surface area (Å²) >= 11 is 0. The van der Waals surface area contributed by atoms with Crippen LogP contribution in [-0.2, 0) is 9.53 Å². The van der Waals surface area contributed by atoms with E-state index in [1.165, 1.54) is 0 Å². The Labute approximate surface area is 97.8 Å². The first kappa shape index (κ1) is 15.3. The summed E-state index contributed by atoms with van der Waals surface area (Å²) in [4.78, 5) is 12.5. The molecule has 0 saturated carbocycles. The first-order chi connectivity index (χ1) is 7.56. The van der Waals surface area contributed by atoms with Gasteiger partial charge in [-0.2, -0.15) is 0 Å². The van der Waals surface area contributed by atoms with Crippen LogP contribution in [0.4, 0.5) is 0 Å². The highest BCUT2D eigenvalue weighted by Gasteiger charge is 2.05. The van der Waals surface area contributed by atoms with Crippen LogP contribution in [0.1, 0.15) is 19.8 Å². The molecule has 0 radical (unpaired) electrons. The Hall–Kier alpha value is -0.650. The first-order valence-electron chi connectivity index (χ1n) is 5.69. The van der Waals surface area contributed by atoms with Crippen molar-refractivity contribution in [2.24, 2.45) is 0 Å².